The molecule has 160 valence electrons. The Morgan fingerprint density at radius 2 is 1.42 bits per heavy atom. The molecule has 0 N–H and O–H groups in total. The molecule has 5 nitrogen and oxygen atoms in total. The highest BCUT2D eigenvalue weighted by Crippen LogP contribution is 2.22. The third kappa shape index (κ3) is 7.00. The Bertz CT molecular complexity index is 956. The Labute approximate surface area is 183 Å². The van der Waals surface area contributed by atoms with Gasteiger partial charge in [0.15, 0.2) is 6.61 Å². The van der Waals surface area contributed by atoms with Crippen LogP contribution in [0.3, 0.4) is 0 Å². The average Bonchev–Trinajstić information content (AvgIpc) is 2.82. The van der Waals surface area contributed by atoms with E-state index in [1.165, 1.54) is 0 Å². The normalized spacial score (nSPS) is 10.4. The van der Waals surface area contributed by atoms with E-state index in [1.54, 1.807) is 11.8 Å². The summed E-state index contributed by atoms with van der Waals surface area (Å²) in [5.41, 5.74) is 3.20. The molecule has 0 aliphatic carbocycles. The van der Waals surface area contributed by atoms with Crippen molar-refractivity contribution in [3.63, 3.8) is 0 Å². The van der Waals surface area contributed by atoms with Gasteiger partial charge in [-0.3, -0.25) is 9.59 Å². The summed E-state index contributed by atoms with van der Waals surface area (Å²) >= 11 is 0. The Kier molecular flexibility index (Phi) is 8.23. The number of amides is 1. The highest BCUT2D eigenvalue weighted by Gasteiger charge is 2.17. The van der Waals surface area contributed by atoms with E-state index in [1.807, 2.05) is 84.9 Å². The fraction of sp³-hybridized carbons (Fsp3) is 0.231. The standard InChI is InChI=1S/C26H27NO4/c1-2-30-26(29)17-18-27(19-21-9-5-3-6-10-21)25(28)20-31-24-15-13-23(14-16-24)22-11-7-4-8-12-22/h3-16H,2,17-20H2,1H3. The van der Waals surface area contributed by atoms with Crippen molar-refractivity contribution in [2.24, 2.45) is 0 Å². The van der Waals surface area contributed by atoms with Crippen molar-refractivity contribution in [2.45, 2.75) is 19.9 Å². The maximum absolute atomic E-state index is 12.8. The SMILES string of the molecule is CCOC(=O)CCN(Cc1ccccc1)C(=O)COc1ccc(-c2ccccc2)cc1. The maximum atomic E-state index is 12.8. The maximum Gasteiger partial charge on any atom is 0.307 e. The van der Waals surface area contributed by atoms with Crippen LogP contribution in [0.5, 0.6) is 5.75 Å². The van der Waals surface area contributed by atoms with Crippen molar-refractivity contribution in [1.82, 2.24) is 4.90 Å². The van der Waals surface area contributed by atoms with Gasteiger partial charge in [-0.05, 0) is 35.7 Å². The summed E-state index contributed by atoms with van der Waals surface area (Å²) in [5, 5.41) is 0. The monoisotopic (exact) mass is 417 g/mol. The van der Waals surface area contributed by atoms with E-state index >= 15 is 0 Å². The minimum Gasteiger partial charge on any atom is -0.484 e. The molecule has 0 fully saturated rings. The lowest BCUT2D eigenvalue weighted by Gasteiger charge is -2.22. The van der Waals surface area contributed by atoms with Gasteiger partial charge in [0.2, 0.25) is 0 Å². The highest BCUT2D eigenvalue weighted by atomic mass is 16.5. The van der Waals surface area contributed by atoms with Crippen LogP contribution >= 0.6 is 0 Å². The zero-order valence-electron chi connectivity index (χ0n) is 17.7. The highest BCUT2D eigenvalue weighted by molar-refractivity contribution is 5.78. The molecule has 3 aromatic carbocycles. The lowest BCUT2D eigenvalue weighted by molar-refractivity contribution is -0.144. The Morgan fingerprint density at radius 3 is 2.06 bits per heavy atom. The van der Waals surface area contributed by atoms with Crippen LogP contribution in [0.2, 0.25) is 0 Å². The van der Waals surface area contributed by atoms with Crippen molar-refractivity contribution in [3.8, 4) is 16.9 Å². The second-order valence-electron chi connectivity index (χ2n) is 7.03. The van der Waals surface area contributed by atoms with Gasteiger partial charge in [0.1, 0.15) is 5.75 Å². The number of rotatable bonds is 10. The Hall–Kier alpha value is -3.60. The van der Waals surface area contributed by atoms with Crippen molar-refractivity contribution in [2.75, 3.05) is 19.8 Å². The van der Waals surface area contributed by atoms with Gasteiger partial charge in [0.25, 0.3) is 5.91 Å². The zero-order valence-corrected chi connectivity index (χ0v) is 17.7. The molecule has 3 aromatic rings. The quantitative estimate of drug-likeness (QED) is 0.448. The van der Waals surface area contributed by atoms with E-state index in [-0.39, 0.29) is 31.4 Å². The summed E-state index contributed by atoms with van der Waals surface area (Å²) in [6.07, 6.45) is 0.151. The smallest absolute Gasteiger partial charge is 0.307 e. The molecule has 31 heavy (non-hydrogen) atoms. The summed E-state index contributed by atoms with van der Waals surface area (Å²) < 4.78 is 10.7. The first kappa shape index (κ1) is 22.1. The molecule has 0 aliphatic heterocycles. The van der Waals surface area contributed by atoms with Gasteiger partial charge in [-0.15, -0.1) is 0 Å². The van der Waals surface area contributed by atoms with Gasteiger partial charge in [0.05, 0.1) is 13.0 Å². The van der Waals surface area contributed by atoms with E-state index in [4.69, 9.17) is 9.47 Å². The van der Waals surface area contributed by atoms with E-state index in [0.29, 0.717) is 18.9 Å². The van der Waals surface area contributed by atoms with Crippen LogP contribution in [0, 0.1) is 0 Å². The Morgan fingerprint density at radius 1 is 0.806 bits per heavy atom. The number of carbonyl (C=O) groups is 2. The number of ether oxygens (including phenoxy) is 2. The van der Waals surface area contributed by atoms with E-state index < -0.39 is 0 Å². The molecule has 0 unspecified atom stereocenters. The topological polar surface area (TPSA) is 55.8 Å². The molecule has 0 radical (unpaired) electrons. The van der Waals surface area contributed by atoms with Crippen LogP contribution in [0.15, 0.2) is 84.9 Å². The third-order valence-electron chi connectivity index (χ3n) is 4.78. The molecule has 0 bridgehead atoms. The molecule has 0 spiro atoms. The number of benzene rings is 3. The van der Waals surface area contributed by atoms with Crippen molar-refractivity contribution < 1.29 is 19.1 Å². The lowest BCUT2D eigenvalue weighted by atomic mass is 10.1. The molecule has 0 saturated heterocycles. The fourth-order valence-electron chi connectivity index (χ4n) is 3.17. The van der Waals surface area contributed by atoms with E-state index in [2.05, 4.69) is 0 Å². The molecular formula is C26H27NO4. The molecule has 0 atom stereocenters. The van der Waals surface area contributed by atoms with Crippen molar-refractivity contribution in [3.05, 3.63) is 90.5 Å². The first-order chi connectivity index (χ1) is 15.2. The summed E-state index contributed by atoms with van der Waals surface area (Å²) in [7, 11) is 0. The Balaban J connectivity index is 1.60. The number of carbonyl (C=O) groups excluding carboxylic acids is 2. The minimum atomic E-state index is -0.314. The molecule has 0 aliphatic rings. The largest absolute Gasteiger partial charge is 0.484 e. The van der Waals surface area contributed by atoms with Crippen LogP contribution in [0.1, 0.15) is 18.9 Å². The summed E-state index contributed by atoms with van der Waals surface area (Å²) in [6.45, 7) is 2.69. The summed E-state index contributed by atoms with van der Waals surface area (Å²) in [6, 6.07) is 27.4. The van der Waals surface area contributed by atoms with Gasteiger partial charge in [-0.25, -0.2) is 0 Å². The number of hydrogen-bond donors (Lipinski definition) is 0. The zero-order chi connectivity index (χ0) is 21.9. The third-order valence-corrected chi connectivity index (χ3v) is 4.78. The number of hydrogen-bond acceptors (Lipinski definition) is 4. The van der Waals surface area contributed by atoms with Crippen LogP contribution in [0.25, 0.3) is 11.1 Å². The van der Waals surface area contributed by atoms with Crippen LogP contribution in [0.4, 0.5) is 0 Å². The number of nitrogens with zero attached hydrogens (tertiary/aromatic N) is 1. The second-order valence-corrected chi connectivity index (χ2v) is 7.03. The second kappa shape index (κ2) is 11.6. The summed E-state index contributed by atoms with van der Waals surface area (Å²) in [4.78, 5) is 26.2. The summed E-state index contributed by atoms with van der Waals surface area (Å²) in [5.74, 6) is 0.129. The fourth-order valence-corrected chi connectivity index (χ4v) is 3.17. The first-order valence-corrected chi connectivity index (χ1v) is 10.4. The van der Waals surface area contributed by atoms with Gasteiger partial charge >= 0.3 is 5.97 Å². The van der Waals surface area contributed by atoms with E-state index in [0.717, 1.165) is 16.7 Å². The predicted octanol–water partition coefficient (Wildman–Crippen LogP) is 4.71. The lowest BCUT2D eigenvalue weighted by Crippen LogP contribution is -2.36. The molecule has 3 rings (SSSR count). The molecule has 1 amide bonds. The van der Waals surface area contributed by atoms with Crippen molar-refractivity contribution in [1.29, 1.82) is 0 Å². The molecular weight excluding hydrogens is 390 g/mol. The van der Waals surface area contributed by atoms with Crippen LogP contribution in [-0.4, -0.2) is 36.5 Å². The molecule has 0 aromatic heterocycles. The van der Waals surface area contributed by atoms with Gasteiger partial charge in [0, 0.05) is 13.1 Å². The molecule has 0 saturated carbocycles. The predicted molar refractivity (Wildman–Crippen MR) is 120 cm³/mol. The van der Waals surface area contributed by atoms with Crippen LogP contribution in [-0.2, 0) is 20.9 Å². The van der Waals surface area contributed by atoms with Crippen molar-refractivity contribution >= 4 is 11.9 Å². The van der Waals surface area contributed by atoms with Crippen LogP contribution < -0.4 is 4.74 Å². The minimum absolute atomic E-state index is 0.0969. The molecule has 5 heteroatoms. The van der Waals surface area contributed by atoms with Gasteiger partial charge in [-0.2, -0.15) is 0 Å². The van der Waals surface area contributed by atoms with Gasteiger partial charge < -0.3 is 14.4 Å². The molecule has 0 heterocycles. The average molecular weight is 418 g/mol. The first-order valence-electron chi connectivity index (χ1n) is 10.4. The number of esters is 1. The van der Waals surface area contributed by atoms with Gasteiger partial charge in [-0.1, -0.05) is 72.8 Å². The van der Waals surface area contributed by atoms with E-state index in [9.17, 15) is 9.59 Å².